The van der Waals surface area contributed by atoms with Crippen LogP contribution in [0.3, 0.4) is 0 Å². The van der Waals surface area contributed by atoms with Gasteiger partial charge in [-0.05, 0) is 73.0 Å². The minimum Gasteiger partial charge on any atom is -0.493 e. The monoisotopic (exact) mass is 695 g/mol. The van der Waals surface area contributed by atoms with Crippen LogP contribution in [0.4, 0.5) is 10.1 Å². The predicted molar refractivity (Wildman–Crippen MR) is 184 cm³/mol. The van der Waals surface area contributed by atoms with E-state index in [9.17, 15) is 22.4 Å². The van der Waals surface area contributed by atoms with Crippen molar-refractivity contribution in [1.29, 1.82) is 0 Å². The Kier molecular flexibility index (Phi) is 12.4. The Labute approximate surface area is 286 Å². The molecule has 4 aromatic rings. The van der Waals surface area contributed by atoms with Gasteiger partial charge in [0.15, 0.2) is 11.5 Å². The average Bonchev–Trinajstić information content (AvgIpc) is 3.09. The third-order valence-electron chi connectivity index (χ3n) is 7.85. The number of ether oxygens (including phenoxy) is 2. The fraction of sp³-hybridized carbons (Fsp3) is 0.278. The van der Waals surface area contributed by atoms with Crippen molar-refractivity contribution < 1.29 is 31.9 Å². The summed E-state index contributed by atoms with van der Waals surface area (Å²) in [7, 11) is -1.65. The fourth-order valence-corrected chi connectivity index (χ4v) is 6.71. The van der Waals surface area contributed by atoms with Gasteiger partial charge in [0.05, 0.1) is 24.8 Å². The minimum absolute atomic E-state index is 0.0432. The number of anilines is 1. The summed E-state index contributed by atoms with van der Waals surface area (Å²) in [4.78, 5) is 29.7. The standard InChI is InChI=1S/C36H39ClFN3O6S/c1-5-25(2)39-36(43)32(21-26-10-7-6-8-11-26)40(23-27-12-9-13-28(37)20-27)35(42)24-41(30-16-14-29(38)15-17-30)48(44,45)31-18-19-33(46-3)34(22-31)47-4/h6-20,22,25,32H,5,21,23-24H2,1-4H3,(H,39,43)/t25-,32+/m1/s1. The number of amides is 2. The van der Waals surface area contributed by atoms with Crippen molar-refractivity contribution in [1.82, 2.24) is 10.2 Å². The SMILES string of the molecule is CC[C@@H](C)NC(=O)[C@H](Cc1ccccc1)N(Cc1cccc(Cl)c1)C(=O)CN(c1ccc(F)cc1)S(=O)(=O)c1ccc(OC)c(OC)c1. The van der Waals surface area contributed by atoms with Gasteiger partial charge in [-0.3, -0.25) is 13.9 Å². The number of benzene rings is 4. The molecular weight excluding hydrogens is 657 g/mol. The highest BCUT2D eigenvalue weighted by Crippen LogP contribution is 2.32. The summed E-state index contributed by atoms with van der Waals surface area (Å²) in [5.41, 5.74) is 1.49. The van der Waals surface area contributed by atoms with Crippen LogP contribution in [0, 0.1) is 5.82 Å². The zero-order valence-corrected chi connectivity index (χ0v) is 28.8. The van der Waals surface area contributed by atoms with Gasteiger partial charge in [0.25, 0.3) is 10.0 Å². The van der Waals surface area contributed by atoms with Crippen LogP contribution >= 0.6 is 11.6 Å². The first-order valence-electron chi connectivity index (χ1n) is 15.3. The first-order chi connectivity index (χ1) is 23.0. The molecule has 0 aliphatic rings. The number of hydrogen-bond donors (Lipinski definition) is 1. The van der Waals surface area contributed by atoms with E-state index in [4.69, 9.17) is 21.1 Å². The second-order valence-electron chi connectivity index (χ2n) is 11.2. The summed E-state index contributed by atoms with van der Waals surface area (Å²) in [5.74, 6) is -1.16. The molecule has 4 rings (SSSR count). The number of nitrogens with one attached hydrogen (secondary N) is 1. The first-order valence-corrected chi connectivity index (χ1v) is 17.2. The van der Waals surface area contributed by atoms with Crippen LogP contribution in [0.5, 0.6) is 11.5 Å². The molecule has 0 unspecified atom stereocenters. The summed E-state index contributed by atoms with van der Waals surface area (Å²) in [6.07, 6.45) is 0.822. The van der Waals surface area contributed by atoms with Gasteiger partial charge in [0.2, 0.25) is 11.8 Å². The Morgan fingerprint density at radius 3 is 2.17 bits per heavy atom. The van der Waals surface area contributed by atoms with E-state index >= 15 is 0 Å². The predicted octanol–water partition coefficient (Wildman–Crippen LogP) is 6.25. The quantitative estimate of drug-likeness (QED) is 0.158. The molecule has 2 amide bonds. The average molecular weight is 696 g/mol. The first kappa shape index (κ1) is 36.2. The molecular formula is C36H39ClFN3O6S. The molecule has 48 heavy (non-hydrogen) atoms. The molecule has 0 aliphatic carbocycles. The topological polar surface area (TPSA) is 105 Å². The number of methoxy groups -OCH3 is 2. The van der Waals surface area contributed by atoms with Gasteiger partial charge in [-0.1, -0.05) is 61.0 Å². The fourth-order valence-electron chi connectivity index (χ4n) is 5.07. The van der Waals surface area contributed by atoms with Gasteiger partial charge < -0.3 is 19.7 Å². The van der Waals surface area contributed by atoms with Crippen LogP contribution in [-0.4, -0.2) is 58.0 Å². The van der Waals surface area contributed by atoms with Crippen molar-refractivity contribution in [3.63, 3.8) is 0 Å². The maximum atomic E-state index is 14.6. The molecule has 4 aromatic carbocycles. The molecule has 12 heteroatoms. The van der Waals surface area contributed by atoms with Crippen molar-refractivity contribution in [2.45, 2.75) is 50.2 Å². The van der Waals surface area contributed by atoms with Gasteiger partial charge in [-0.2, -0.15) is 0 Å². The van der Waals surface area contributed by atoms with Gasteiger partial charge in [-0.25, -0.2) is 12.8 Å². The summed E-state index contributed by atoms with van der Waals surface area (Å²) in [6.45, 7) is 3.06. The normalized spacial score (nSPS) is 12.5. The molecule has 0 aromatic heterocycles. The molecule has 0 bridgehead atoms. The van der Waals surface area contributed by atoms with E-state index in [1.807, 2.05) is 44.2 Å². The molecule has 2 atom stereocenters. The highest BCUT2D eigenvalue weighted by Gasteiger charge is 2.35. The molecule has 254 valence electrons. The Morgan fingerprint density at radius 1 is 0.875 bits per heavy atom. The van der Waals surface area contributed by atoms with Crippen molar-refractivity contribution in [3.8, 4) is 11.5 Å². The van der Waals surface area contributed by atoms with E-state index in [0.29, 0.717) is 22.8 Å². The van der Waals surface area contributed by atoms with Crippen molar-refractivity contribution in [2.24, 2.45) is 0 Å². The van der Waals surface area contributed by atoms with Gasteiger partial charge in [0, 0.05) is 30.1 Å². The van der Waals surface area contributed by atoms with Gasteiger partial charge in [-0.15, -0.1) is 0 Å². The lowest BCUT2D eigenvalue weighted by Gasteiger charge is -2.34. The van der Waals surface area contributed by atoms with E-state index in [0.717, 1.165) is 22.0 Å². The number of carbonyl (C=O) groups is 2. The Morgan fingerprint density at radius 2 is 1.54 bits per heavy atom. The van der Waals surface area contributed by atoms with Crippen LogP contribution in [0.1, 0.15) is 31.4 Å². The molecule has 1 N–H and O–H groups in total. The van der Waals surface area contributed by atoms with Crippen LogP contribution in [0.15, 0.2) is 102 Å². The van der Waals surface area contributed by atoms with Crippen LogP contribution < -0.4 is 19.1 Å². The zero-order valence-electron chi connectivity index (χ0n) is 27.2. The van der Waals surface area contributed by atoms with Crippen molar-refractivity contribution in [2.75, 3.05) is 25.1 Å². The van der Waals surface area contributed by atoms with Crippen molar-refractivity contribution in [3.05, 3.63) is 119 Å². The molecule has 0 aliphatic heterocycles. The summed E-state index contributed by atoms with van der Waals surface area (Å²) >= 11 is 6.30. The molecule has 0 heterocycles. The van der Waals surface area contributed by atoms with E-state index < -0.39 is 34.3 Å². The number of rotatable bonds is 15. The second kappa shape index (κ2) is 16.5. The molecule has 9 nitrogen and oxygen atoms in total. The number of hydrogen-bond acceptors (Lipinski definition) is 6. The van der Waals surface area contributed by atoms with Crippen LogP contribution in [0.2, 0.25) is 5.02 Å². The Hall–Kier alpha value is -4.61. The highest BCUT2D eigenvalue weighted by molar-refractivity contribution is 7.92. The third kappa shape index (κ3) is 9.05. The largest absolute Gasteiger partial charge is 0.493 e. The summed E-state index contributed by atoms with van der Waals surface area (Å²) in [6, 6.07) is 23.8. The number of carbonyl (C=O) groups excluding carboxylic acids is 2. The minimum atomic E-state index is -4.45. The van der Waals surface area contributed by atoms with Crippen LogP contribution in [-0.2, 0) is 32.6 Å². The molecule has 0 saturated heterocycles. The molecule has 0 fully saturated rings. The van der Waals surface area contributed by atoms with Crippen LogP contribution in [0.25, 0.3) is 0 Å². The lowest BCUT2D eigenvalue weighted by Crippen LogP contribution is -2.54. The maximum Gasteiger partial charge on any atom is 0.264 e. The summed E-state index contributed by atoms with van der Waals surface area (Å²) < 4.78 is 54.1. The van der Waals surface area contributed by atoms with Crippen molar-refractivity contribution >= 4 is 39.1 Å². The number of sulfonamides is 1. The zero-order chi connectivity index (χ0) is 34.8. The van der Waals surface area contributed by atoms with E-state index in [-0.39, 0.29) is 41.2 Å². The Balaban J connectivity index is 1.83. The summed E-state index contributed by atoms with van der Waals surface area (Å²) in [5, 5.41) is 3.43. The molecule has 0 spiro atoms. The highest BCUT2D eigenvalue weighted by atomic mass is 35.5. The molecule has 0 saturated carbocycles. The van der Waals surface area contributed by atoms with E-state index in [1.165, 1.54) is 49.5 Å². The van der Waals surface area contributed by atoms with Gasteiger partial charge in [0.1, 0.15) is 18.4 Å². The lowest BCUT2D eigenvalue weighted by atomic mass is 10.0. The smallest absolute Gasteiger partial charge is 0.264 e. The van der Waals surface area contributed by atoms with E-state index in [2.05, 4.69) is 5.32 Å². The third-order valence-corrected chi connectivity index (χ3v) is 9.86. The lowest BCUT2D eigenvalue weighted by molar-refractivity contribution is -0.140. The second-order valence-corrected chi connectivity index (χ2v) is 13.5. The van der Waals surface area contributed by atoms with Gasteiger partial charge >= 0.3 is 0 Å². The Bertz CT molecular complexity index is 1810. The molecule has 0 radical (unpaired) electrons. The number of halogens is 2. The number of nitrogens with zero attached hydrogens (tertiary/aromatic N) is 2. The van der Waals surface area contributed by atoms with E-state index in [1.54, 1.807) is 24.3 Å². The maximum absolute atomic E-state index is 14.6.